The first-order chi connectivity index (χ1) is 16.2. The summed E-state index contributed by atoms with van der Waals surface area (Å²) in [7, 11) is 0. The standard InChI is InChI=1S/C23H24FN7O2/c1-2-16-12-25-23(26-13-16)30-8-5-17(6-9-30)22-28-18(15-33-22)14-32-21-4-3-19(11-20(21)24)31-10-7-27-29-31/h3-4,7,10-13,15,17H,2,5-6,8-9,14H2,1H3. The first-order valence-corrected chi connectivity index (χ1v) is 11.0. The van der Waals surface area contributed by atoms with Crippen molar-refractivity contribution in [2.24, 2.45) is 0 Å². The minimum absolute atomic E-state index is 0.125. The molecular formula is C23H24FN7O2. The van der Waals surface area contributed by atoms with Gasteiger partial charge in [0, 0.05) is 37.5 Å². The number of hydrogen-bond donors (Lipinski definition) is 0. The molecule has 0 unspecified atom stereocenters. The number of aryl methyl sites for hydroxylation is 1. The number of oxazole rings is 1. The number of ether oxygens (including phenoxy) is 1. The van der Waals surface area contributed by atoms with Gasteiger partial charge in [0.15, 0.2) is 17.5 Å². The average Bonchev–Trinajstić information content (AvgIpc) is 3.56. The lowest BCUT2D eigenvalue weighted by atomic mass is 9.97. The van der Waals surface area contributed by atoms with Gasteiger partial charge in [-0.25, -0.2) is 24.0 Å². The third-order valence-electron chi connectivity index (χ3n) is 5.77. The van der Waals surface area contributed by atoms with E-state index in [1.54, 1.807) is 24.6 Å². The lowest BCUT2D eigenvalue weighted by Crippen LogP contribution is -2.34. The van der Waals surface area contributed by atoms with Crippen molar-refractivity contribution in [1.29, 1.82) is 0 Å². The van der Waals surface area contributed by atoms with Gasteiger partial charge in [0.05, 0.1) is 18.1 Å². The Bertz CT molecular complexity index is 1190. The van der Waals surface area contributed by atoms with Crippen molar-refractivity contribution in [2.45, 2.75) is 38.7 Å². The fourth-order valence-corrected chi connectivity index (χ4v) is 3.84. The van der Waals surface area contributed by atoms with Crippen LogP contribution in [0.5, 0.6) is 5.75 Å². The molecule has 4 aromatic rings. The number of rotatable bonds is 7. The maximum absolute atomic E-state index is 14.4. The molecule has 9 nitrogen and oxygen atoms in total. The van der Waals surface area contributed by atoms with Crippen LogP contribution in [0.1, 0.15) is 42.8 Å². The van der Waals surface area contributed by atoms with Crippen molar-refractivity contribution in [1.82, 2.24) is 29.9 Å². The molecule has 0 amide bonds. The molecule has 4 heterocycles. The van der Waals surface area contributed by atoms with E-state index >= 15 is 0 Å². The van der Waals surface area contributed by atoms with Crippen LogP contribution in [-0.2, 0) is 13.0 Å². The first-order valence-electron chi connectivity index (χ1n) is 11.0. The highest BCUT2D eigenvalue weighted by molar-refractivity contribution is 5.38. The summed E-state index contributed by atoms with van der Waals surface area (Å²) in [5, 5.41) is 7.58. The summed E-state index contributed by atoms with van der Waals surface area (Å²) in [5.74, 6) is 1.35. The van der Waals surface area contributed by atoms with Crippen molar-refractivity contribution < 1.29 is 13.5 Å². The van der Waals surface area contributed by atoms with Crippen LogP contribution in [0.2, 0.25) is 0 Å². The number of aromatic nitrogens is 6. The highest BCUT2D eigenvalue weighted by Crippen LogP contribution is 2.29. The van der Waals surface area contributed by atoms with Gasteiger partial charge in [-0.2, -0.15) is 0 Å². The molecule has 0 saturated carbocycles. The Morgan fingerprint density at radius 1 is 1.18 bits per heavy atom. The van der Waals surface area contributed by atoms with E-state index in [2.05, 4.69) is 37.1 Å². The minimum Gasteiger partial charge on any atom is -0.484 e. The number of hydrogen-bond acceptors (Lipinski definition) is 8. The smallest absolute Gasteiger partial charge is 0.225 e. The van der Waals surface area contributed by atoms with Gasteiger partial charge in [-0.3, -0.25) is 0 Å². The van der Waals surface area contributed by atoms with Crippen molar-refractivity contribution in [3.8, 4) is 11.4 Å². The summed E-state index contributed by atoms with van der Waals surface area (Å²) in [6, 6.07) is 4.64. The number of anilines is 1. The van der Waals surface area contributed by atoms with Crippen molar-refractivity contribution in [2.75, 3.05) is 18.0 Å². The molecule has 0 aliphatic carbocycles. The molecule has 0 atom stereocenters. The van der Waals surface area contributed by atoms with E-state index in [0.717, 1.165) is 43.9 Å². The Morgan fingerprint density at radius 3 is 2.70 bits per heavy atom. The monoisotopic (exact) mass is 449 g/mol. The quantitative estimate of drug-likeness (QED) is 0.421. The number of benzene rings is 1. The Balaban J connectivity index is 1.16. The molecule has 1 saturated heterocycles. The Hall–Kier alpha value is -3.82. The number of nitrogens with zero attached hydrogens (tertiary/aromatic N) is 7. The predicted octanol–water partition coefficient (Wildman–Crippen LogP) is 3.71. The van der Waals surface area contributed by atoms with Gasteiger partial charge >= 0.3 is 0 Å². The molecule has 33 heavy (non-hydrogen) atoms. The summed E-state index contributed by atoms with van der Waals surface area (Å²) in [6.07, 6.45) is 11.3. The second-order valence-electron chi connectivity index (χ2n) is 7.93. The fourth-order valence-electron chi connectivity index (χ4n) is 3.84. The zero-order chi connectivity index (χ0) is 22.6. The van der Waals surface area contributed by atoms with Crippen LogP contribution in [0, 0.1) is 5.82 Å². The number of piperidine rings is 1. The Morgan fingerprint density at radius 2 is 2.00 bits per heavy atom. The van der Waals surface area contributed by atoms with Crippen LogP contribution in [0.3, 0.4) is 0 Å². The molecule has 1 fully saturated rings. The van der Waals surface area contributed by atoms with Crippen LogP contribution in [0.25, 0.3) is 5.69 Å². The van der Waals surface area contributed by atoms with Crippen molar-refractivity contribution >= 4 is 5.95 Å². The van der Waals surface area contributed by atoms with Gasteiger partial charge in [0.25, 0.3) is 0 Å². The highest BCUT2D eigenvalue weighted by atomic mass is 19.1. The van der Waals surface area contributed by atoms with Gasteiger partial charge < -0.3 is 14.1 Å². The maximum atomic E-state index is 14.4. The molecule has 1 aliphatic rings. The van der Waals surface area contributed by atoms with Gasteiger partial charge in [0.2, 0.25) is 5.95 Å². The second kappa shape index (κ2) is 9.35. The van der Waals surface area contributed by atoms with Gasteiger partial charge in [-0.05, 0) is 37.0 Å². The molecule has 1 aromatic carbocycles. The molecule has 0 radical (unpaired) electrons. The molecule has 170 valence electrons. The lowest BCUT2D eigenvalue weighted by Gasteiger charge is -2.30. The van der Waals surface area contributed by atoms with Crippen LogP contribution in [0.15, 0.2) is 53.7 Å². The molecule has 0 N–H and O–H groups in total. The van der Waals surface area contributed by atoms with Crippen LogP contribution >= 0.6 is 0 Å². The van der Waals surface area contributed by atoms with E-state index in [-0.39, 0.29) is 18.3 Å². The first kappa shape index (κ1) is 21.0. The third-order valence-corrected chi connectivity index (χ3v) is 5.77. The largest absolute Gasteiger partial charge is 0.484 e. The van der Waals surface area contributed by atoms with Crippen molar-refractivity contribution in [3.63, 3.8) is 0 Å². The molecule has 3 aromatic heterocycles. The summed E-state index contributed by atoms with van der Waals surface area (Å²) in [4.78, 5) is 15.7. The minimum atomic E-state index is -0.478. The average molecular weight is 449 g/mol. The van der Waals surface area contributed by atoms with Crippen molar-refractivity contribution in [3.05, 3.63) is 72.2 Å². The van der Waals surface area contributed by atoms with E-state index in [1.807, 2.05) is 12.4 Å². The molecule has 0 bridgehead atoms. The van der Waals surface area contributed by atoms with E-state index in [4.69, 9.17) is 9.15 Å². The highest BCUT2D eigenvalue weighted by Gasteiger charge is 2.25. The normalized spacial score (nSPS) is 14.5. The zero-order valence-corrected chi connectivity index (χ0v) is 18.3. The summed E-state index contributed by atoms with van der Waals surface area (Å²) in [6.45, 7) is 3.90. The predicted molar refractivity (Wildman–Crippen MR) is 118 cm³/mol. The summed E-state index contributed by atoms with van der Waals surface area (Å²) in [5.41, 5.74) is 2.33. The third kappa shape index (κ3) is 4.69. The van der Waals surface area contributed by atoms with Gasteiger partial charge in [-0.1, -0.05) is 12.1 Å². The second-order valence-corrected chi connectivity index (χ2v) is 7.93. The summed E-state index contributed by atoms with van der Waals surface area (Å²) < 4.78 is 27.2. The Kier molecular flexibility index (Phi) is 5.97. The molecule has 1 aliphatic heterocycles. The van der Waals surface area contributed by atoms with E-state index in [0.29, 0.717) is 17.3 Å². The van der Waals surface area contributed by atoms with Crippen LogP contribution in [-0.4, -0.2) is 43.0 Å². The molecule has 10 heteroatoms. The Labute approximate surface area is 190 Å². The molecule has 0 spiro atoms. The lowest BCUT2D eigenvalue weighted by molar-refractivity contribution is 0.285. The number of halogens is 1. The topological polar surface area (TPSA) is 95.0 Å². The van der Waals surface area contributed by atoms with E-state index in [9.17, 15) is 4.39 Å². The maximum Gasteiger partial charge on any atom is 0.225 e. The fraction of sp³-hybridized carbons (Fsp3) is 0.348. The van der Waals surface area contributed by atoms with Crippen LogP contribution in [0.4, 0.5) is 10.3 Å². The summed E-state index contributed by atoms with van der Waals surface area (Å²) >= 11 is 0. The zero-order valence-electron chi connectivity index (χ0n) is 18.3. The van der Waals surface area contributed by atoms with Gasteiger partial charge in [0.1, 0.15) is 18.6 Å². The molecular weight excluding hydrogens is 425 g/mol. The van der Waals surface area contributed by atoms with E-state index < -0.39 is 5.82 Å². The van der Waals surface area contributed by atoms with Gasteiger partial charge in [-0.15, -0.1) is 5.10 Å². The SMILES string of the molecule is CCc1cnc(N2CCC(c3nc(COc4ccc(-n5ccnn5)cc4F)co3)CC2)nc1. The van der Waals surface area contributed by atoms with Crippen LogP contribution < -0.4 is 9.64 Å². The molecule has 5 rings (SSSR count). The van der Waals surface area contributed by atoms with E-state index in [1.165, 1.54) is 16.9 Å².